The molecule has 0 unspecified atom stereocenters. The van der Waals surface area contributed by atoms with Crippen molar-refractivity contribution >= 4 is 21.7 Å². The first-order chi connectivity index (χ1) is 10.4. The van der Waals surface area contributed by atoms with Crippen molar-refractivity contribution in [2.45, 2.75) is 11.8 Å². The first-order valence-corrected chi connectivity index (χ1v) is 7.95. The number of rotatable bonds is 4. The van der Waals surface area contributed by atoms with E-state index in [2.05, 4.69) is 0 Å². The van der Waals surface area contributed by atoms with E-state index in [1.807, 2.05) is 6.07 Å². The van der Waals surface area contributed by atoms with Crippen LogP contribution >= 0.6 is 11.6 Å². The van der Waals surface area contributed by atoms with Gasteiger partial charge in [-0.1, -0.05) is 17.7 Å². The molecule has 5 nitrogen and oxygen atoms in total. The van der Waals surface area contributed by atoms with Gasteiger partial charge in [-0.05, 0) is 36.8 Å². The van der Waals surface area contributed by atoms with Crippen molar-refractivity contribution in [3.63, 3.8) is 0 Å². The third-order valence-electron chi connectivity index (χ3n) is 2.85. The second-order valence-corrected chi connectivity index (χ2v) is 6.37. The Bertz CT molecular complexity index is 856. The van der Waals surface area contributed by atoms with Gasteiger partial charge in [0, 0.05) is 6.07 Å². The standard InChI is InChI=1S/C15H12ClNO4S/c1-10-3-6-15(12(16)7-10)22(18,19)21-13-5-4-11(9-17)8-14(13)20-2/h3-8H,1-2H3. The minimum Gasteiger partial charge on any atom is -0.493 e. The highest BCUT2D eigenvalue weighted by Crippen LogP contribution is 2.32. The molecule has 22 heavy (non-hydrogen) atoms. The van der Waals surface area contributed by atoms with Crippen molar-refractivity contribution in [1.29, 1.82) is 5.26 Å². The van der Waals surface area contributed by atoms with Crippen LogP contribution in [0.2, 0.25) is 5.02 Å². The molecule has 2 rings (SSSR count). The zero-order valence-electron chi connectivity index (χ0n) is 11.8. The van der Waals surface area contributed by atoms with Gasteiger partial charge >= 0.3 is 10.1 Å². The van der Waals surface area contributed by atoms with E-state index >= 15 is 0 Å². The average Bonchev–Trinajstić information content (AvgIpc) is 2.46. The molecular weight excluding hydrogens is 326 g/mol. The predicted molar refractivity (Wildman–Crippen MR) is 81.7 cm³/mol. The number of aryl methyl sites for hydroxylation is 1. The number of halogens is 1. The zero-order chi connectivity index (χ0) is 16.3. The second-order valence-electron chi connectivity index (χ2n) is 4.45. The van der Waals surface area contributed by atoms with Gasteiger partial charge in [0.1, 0.15) is 4.90 Å². The highest BCUT2D eigenvalue weighted by atomic mass is 35.5. The molecule has 0 atom stereocenters. The Labute approximate surface area is 133 Å². The molecule has 0 aliphatic rings. The summed E-state index contributed by atoms with van der Waals surface area (Å²) in [4.78, 5) is -0.133. The third-order valence-corrected chi connectivity index (χ3v) is 4.57. The summed E-state index contributed by atoms with van der Waals surface area (Å²) in [6, 6.07) is 10.7. The van der Waals surface area contributed by atoms with E-state index in [-0.39, 0.29) is 21.4 Å². The molecule has 0 bridgehead atoms. The largest absolute Gasteiger partial charge is 0.493 e. The van der Waals surface area contributed by atoms with Crippen LogP contribution in [0.5, 0.6) is 11.5 Å². The van der Waals surface area contributed by atoms with Crippen molar-refractivity contribution in [3.8, 4) is 17.6 Å². The fourth-order valence-corrected chi connectivity index (χ4v) is 3.29. The van der Waals surface area contributed by atoms with Crippen LogP contribution < -0.4 is 8.92 Å². The van der Waals surface area contributed by atoms with Crippen molar-refractivity contribution in [3.05, 3.63) is 52.5 Å². The summed E-state index contributed by atoms with van der Waals surface area (Å²) in [5.74, 6) is 0.129. The van der Waals surface area contributed by atoms with Gasteiger partial charge in [-0.3, -0.25) is 0 Å². The van der Waals surface area contributed by atoms with Gasteiger partial charge in [0.2, 0.25) is 0 Å². The zero-order valence-corrected chi connectivity index (χ0v) is 13.4. The van der Waals surface area contributed by atoms with Gasteiger partial charge in [-0.2, -0.15) is 13.7 Å². The summed E-state index contributed by atoms with van der Waals surface area (Å²) in [6.45, 7) is 1.80. The van der Waals surface area contributed by atoms with Gasteiger partial charge in [0.25, 0.3) is 0 Å². The predicted octanol–water partition coefficient (Wildman–Crippen LogP) is 3.30. The molecule has 0 aromatic heterocycles. The first-order valence-electron chi connectivity index (χ1n) is 6.16. The number of nitriles is 1. The molecule has 0 spiro atoms. The Morgan fingerprint density at radius 1 is 1.14 bits per heavy atom. The number of methoxy groups -OCH3 is 1. The minimum absolute atomic E-state index is 0.0156. The monoisotopic (exact) mass is 337 g/mol. The molecular formula is C15H12ClNO4S. The molecule has 114 valence electrons. The van der Waals surface area contributed by atoms with E-state index in [1.165, 1.54) is 37.4 Å². The molecule has 0 amide bonds. The van der Waals surface area contributed by atoms with Gasteiger partial charge in [0.15, 0.2) is 11.5 Å². The molecule has 0 saturated heterocycles. The molecule has 0 N–H and O–H groups in total. The van der Waals surface area contributed by atoms with Crippen LogP contribution in [0.3, 0.4) is 0 Å². The van der Waals surface area contributed by atoms with Gasteiger partial charge in [-0.15, -0.1) is 0 Å². The molecule has 0 heterocycles. The smallest absolute Gasteiger partial charge is 0.340 e. The van der Waals surface area contributed by atoms with E-state index in [4.69, 9.17) is 25.8 Å². The van der Waals surface area contributed by atoms with Gasteiger partial charge in [0.05, 0.1) is 23.8 Å². The summed E-state index contributed by atoms with van der Waals surface area (Å²) in [7, 11) is -2.75. The molecule has 0 aliphatic heterocycles. The van der Waals surface area contributed by atoms with Crippen molar-refractivity contribution in [1.82, 2.24) is 0 Å². The Morgan fingerprint density at radius 2 is 1.86 bits per heavy atom. The number of hydrogen-bond acceptors (Lipinski definition) is 5. The van der Waals surface area contributed by atoms with E-state index < -0.39 is 10.1 Å². The first kappa shape index (κ1) is 16.1. The van der Waals surface area contributed by atoms with Crippen LogP contribution in [-0.2, 0) is 10.1 Å². The van der Waals surface area contributed by atoms with Crippen LogP contribution in [0.15, 0.2) is 41.3 Å². The Morgan fingerprint density at radius 3 is 2.45 bits per heavy atom. The lowest BCUT2D eigenvalue weighted by atomic mass is 10.2. The van der Waals surface area contributed by atoms with E-state index in [0.29, 0.717) is 5.56 Å². The van der Waals surface area contributed by atoms with E-state index in [0.717, 1.165) is 5.56 Å². The van der Waals surface area contributed by atoms with Crippen LogP contribution in [0, 0.1) is 18.3 Å². The third kappa shape index (κ3) is 3.32. The normalized spacial score (nSPS) is 10.8. The number of nitrogens with zero attached hydrogens (tertiary/aromatic N) is 1. The minimum atomic E-state index is -4.11. The molecule has 0 fully saturated rings. The van der Waals surface area contributed by atoms with Gasteiger partial charge < -0.3 is 8.92 Å². The van der Waals surface area contributed by atoms with Crippen LogP contribution in [-0.4, -0.2) is 15.5 Å². The molecule has 2 aromatic rings. The summed E-state index contributed by atoms with van der Waals surface area (Å²) < 4.78 is 34.8. The summed E-state index contributed by atoms with van der Waals surface area (Å²) in [6.07, 6.45) is 0. The Hall–Kier alpha value is -2.23. The van der Waals surface area contributed by atoms with Crippen molar-refractivity contribution in [2.24, 2.45) is 0 Å². The van der Waals surface area contributed by atoms with E-state index in [1.54, 1.807) is 13.0 Å². The quantitative estimate of drug-likeness (QED) is 0.800. The molecule has 0 aliphatic carbocycles. The maximum absolute atomic E-state index is 12.3. The average molecular weight is 338 g/mol. The topological polar surface area (TPSA) is 76.4 Å². The maximum atomic E-state index is 12.3. The van der Waals surface area contributed by atoms with Crippen LogP contribution in [0.4, 0.5) is 0 Å². The summed E-state index contributed by atoms with van der Waals surface area (Å²) in [5, 5.41) is 8.92. The fraction of sp³-hybridized carbons (Fsp3) is 0.133. The lowest BCUT2D eigenvalue weighted by molar-refractivity contribution is 0.390. The number of benzene rings is 2. The Balaban J connectivity index is 2.43. The fourth-order valence-electron chi connectivity index (χ4n) is 1.78. The molecule has 2 aromatic carbocycles. The summed E-state index contributed by atoms with van der Waals surface area (Å²) in [5.41, 5.74) is 1.16. The summed E-state index contributed by atoms with van der Waals surface area (Å²) >= 11 is 5.97. The SMILES string of the molecule is COc1cc(C#N)ccc1OS(=O)(=O)c1ccc(C)cc1Cl. The van der Waals surface area contributed by atoms with Crippen molar-refractivity contribution in [2.75, 3.05) is 7.11 Å². The second kappa shape index (κ2) is 6.26. The molecule has 0 saturated carbocycles. The highest BCUT2D eigenvalue weighted by Gasteiger charge is 2.22. The van der Waals surface area contributed by atoms with Crippen LogP contribution in [0.25, 0.3) is 0 Å². The molecule has 0 radical (unpaired) electrons. The Kier molecular flexibility index (Phi) is 4.59. The van der Waals surface area contributed by atoms with Crippen LogP contribution in [0.1, 0.15) is 11.1 Å². The van der Waals surface area contributed by atoms with Gasteiger partial charge in [-0.25, -0.2) is 0 Å². The molecule has 7 heteroatoms. The number of ether oxygens (including phenoxy) is 1. The lowest BCUT2D eigenvalue weighted by Gasteiger charge is -2.12. The van der Waals surface area contributed by atoms with Crippen molar-refractivity contribution < 1.29 is 17.3 Å². The van der Waals surface area contributed by atoms with E-state index in [9.17, 15) is 8.42 Å². The number of hydrogen-bond donors (Lipinski definition) is 0. The lowest BCUT2D eigenvalue weighted by Crippen LogP contribution is -2.11. The maximum Gasteiger partial charge on any atom is 0.340 e. The highest BCUT2D eigenvalue weighted by molar-refractivity contribution is 7.87.